The van der Waals surface area contributed by atoms with Crippen molar-refractivity contribution < 1.29 is 13.9 Å². The Balaban J connectivity index is 3.13. The van der Waals surface area contributed by atoms with Gasteiger partial charge >= 0.3 is 0 Å². The molecule has 1 aromatic rings. The van der Waals surface area contributed by atoms with Crippen molar-refractivity contribution in [2.75, 3.05) is 13.7 Å². The van der Waals surface area contributed by atoms with Crippen LogP contribution in [0.1, 0.15) is 19.4 Å². The van der Waals surface area contributed by atoms with Gasteiger partial charge in [0.25, 0.3) is 0 Å². The second-order valence-electron chi connectivity index (χ2n) is 3.60. The van der Waals surface area contributed by atoms with Gasteiger partial charge < -0.3 is 4.74 Å². The van der Waals surface area contributed by atoms with Crippen molar-refractivity contribution in [1.29, 1.82) is 0 Å². The first-order chi connectivity index (χ1) is 7.56. The van der Waals surface area contributed by atoms with E-state index in [-0.39, 0.29) is 18.2 Å². The summed E-state index contributed by atoms with van der Waals surface area (Å²) >= 11 is 0. The molecule has 0 saturated carbocycles. The molecule has 0 fully saturated rings. The van der Waals surface area contributed by atoms with Gasteiger partial charge in [-0.15, -0.1) is 0 Å². The maximum Gasteiger partial charge on any atom is 0.158 e. The Kier molecular flexibility index (Phi) is 4.38. The fourth-order valence-electron chi connectivity index (χ4n) is 1.49. The number of ether oxygens (including phenoxy) is 1. The summed E-state index contributed by atoms with van der Waals surface area (Å²) in [5, 5.41) is 0. The Hall–Kier alpha value is -1.48. The van der Waals surface area contributed by atoms with E-state index in [2.05, 4.69) is 0 Å². The third-order valence-electron chi connectivity index (χ3n) is 2.44. The number of methoxy groups -OCH3 is 1. The van der Waals surface area contributed by atoms with Gasteiger partial charge in [-0.2, -0.15) is 0 Å². The number of Topliss-reactive ketones (excluding diaryl/α,β-unsaturated/α-hetero) is 1. The number of hydrogen-bond acceptors (Lipinski definition) is 2. The molecule has 0 aliphatic heterocycles. The summed E-state index contributed by atoms with van der Waals surface area (Å²) in [4.78, 5) is 11.4. The lowest BCUT2D eigenvalue weighted by Gasteiger charge is -2.09. The molecule has 0 heterocycles. The van der Waals surface area contributed by atoms with Crippen molar-refractivity contribution in [3.8, 4) is 0 Å². The van der Waals surface area contributed by atoms with E-state index in [0.29, 0.717) is 5.57 Å². The van der Waals surface area contributed by atoms with Gasteiger partial charge in [-0.3, -0.25) is 4.79 Å². The predicted octanol–water partition coefficient (Wildman–Crippen LogP) is 2.83. The second kappa shape index (κ2) is 5.56. The van der Waals surface area contributed by atoms with Crippen LogP contribution in [0.2, 0.25) is 0 Å². The number of carbonyl (C=O) groups is 1. The number of ketones is 1. The summed E-state index contributed by atoms with van der Waals surface area (Å²) in [5.74, 6) is -0.309. The molecule has 0 spiro atoms. The lowest BCUT2D eigenvalue weighted by Crippen LogP contribution is -2.06. The highest BCUT2D eigenvalue weighted by Gasteiger charge is 2.09. The molecule has 0 amide bonds. The number of allylic oxidation sites excluding steroid dienone is 1. The molecule has 0 atom stereocenters. The number of halogens is 1. The Morgan fingerprint density at radius 2 is 1.81 bits per heavy atom. The van der Waals surface area contributed by atoms with Crippen molar-refractivity contribution in [2.45, 2.75) is 13.8 Å². The van der Waals surface area contributed by atoms with Crippen molar-refractivity contribution in [3.05, 3.63) is 41.2 Å². The number of benzene rings is 1. The molecular weight excluding hydrogens is 207 g/mol. The van der Waals surface area contributed by atoms with Crippen molar-refractivity contribution >= 4 is 11.4 Å². The first-order valence-corrected chi connectivity index (χ1v) is 5.01. The third kappa shape index (κ3) is 3.00. The zero-order valence-electron chi connectivity index (χ0n) is 9.71. The number of rotatable bonds is 4. The molecule has 0 saturated heterocycles. The molecule has 2 nitrogen and oxygen atoms in total. The third-order valence-corrected chi connectivity index (χ3v) is 2.44. The van der Waals surface area contributed by atoms with Gasteiger partial charge in [0.2, 0.25) is 0 Å². The summed E-state index contributed by atoms with van der Waals surface area (Å²) < 4.78 is 17.7. The van der Waals surface area contributed by atoms with E-state index in [1.54, 1.807) is 19.2 Å². The smallest absolute Gasteiger partial charge is 0.158 e. The highest BCUT2D eigenvalue weighted by atomic mass is 19.1. The van der Waals surface area contributed by atoms with Gasteiger partial charge in [0, 0.05) is 12.7 Å². The monoisotopic (exact) mass is 222 g/mol. The van der Waals surface area contributed by atoms with E-state index >= 15 is 0 Å². The normalized spacial score (nSPS) is 12.2. The number of hydrogen-bond donors (Lipinski definition) is 0. The highest BCUT2D eigenvalue weighted by molar-refractivity contribution is 6.01. The van der Waals surface area contributed by atoms with Crippen LogP contribution in [0.25, 0.3) is 5.57 Å². The van der Waals surface area contributed by atoms with Crippen LogP contribution in [0.3, 0.4) is 0 Å². The fourth-order valence-corrected chi connectivity index (χ4v) is 1.49. The van der Waals surface area contributed by atoms with E-state index in [9.17, 15) is 9.18 Å². The van der Waals surface area contributed by atoms with E-state index in [1.807, 2.05) is 6.92 Å². The predicted molar refractivity (Wildman–Crippen MR) is 61.6 cm³/mol. The molecule has 0 unspecified atom stereocenters. The van der Waals surface area contributed by atoms with Crippen LogP contribution in [0.15, 0.2) is 29.8 Å². The van der Waals surface area contributed by atoms with E-state index in [4.69, 9.17) is 4.74 Å². The molecule has 1 aromatic carbocycles. The summed E-state index contributed by atoms with van der Waals surface area (Å²) in [6.45, 7) is 3.61. The summed E-state index contributed by atoms with van der Waals surface area (Å²) in [5.41, 5.74) is 2.28. The van der Waals surface area contributed by atoms with Crippen molar-refractivity contribution in [3.63, 3.8) is 0 Å². The highest BCUT2D eigenvalue weighted by Crippen LogP contribution is 2.19. The standard InChI is InChI=1S/C13H15FO2/c1-9(13(8-16-3)10(2)15)11-4-6-12(14)7-5-11/h4-7H,8H2,1-3H3/b13-9-. The average molecular weight is 222 g/mol. The minimum absolute atomic E-state index is 0.0244. The van der Waals surface area contributed by atoms with E-state index in [1.165, 1.54) is 19.1 Å². The second-order valence-corrected chi connectivity index (χ2v) is 3.60. The molecule has 1 rings (SSSR count). The lowest BCUT2D eigenvalue weighted by molar-refractivity contribution is -0.114. The first kappa shape index (κ1) is 12.6. The molecule has 86 valence electrons. The minimum Gasteiger partial charge on any atom is -0.380 e. The Bertz CT molecular complexity index is 404. The van der Waals surface area contributed by atoms with Crippen molar-refractivity contribution in [2.24, 2.45) is 0 Å². The molecule has 0 bridgehead atoms. The van der Waals surface area contributed by atoms with Crippen LogP contribution in [0.4, 0.5) is 4.39 Å². The maximum absolute atomic E-state index is 12.8. The molecule has 16 heavy (non-hydrogen) atoms. The summed E-state index contributed by atoms with van der Waals surface area (Å²) in [6, 6.07) is 6.07. The van der Waals surface area contributed by atoms with Gasteiger partial charge in [-0.05, 0) is 37.1 Å². The van der Waals surface area contributed by atoms with Crippen LogP contribution in [0, 0.1) is 5.82 Å². The Morgan fingerprint density at radius 3 is 2.25 bits per heavy atom. The minimum atomic E-state index is -0.285. The fraction of sp³-hybridized carbons (Fsp3) is 0.308. The summed E-state index contributed by atoms with van der Waals surface area (Å²) in [6.07, 6.45) is 0. The van der Waals surface area contributed by atoms with Gasteiger partial charge in [0.05, 0.1) is 6.61 Å². The van der Waals surface area contributed by atoms with Gasteiger partial charge in [-0.1, -0.05) is 12.1 Å². The molecule has 3 heteroatoms. The van der Waals surface area contributed by atoms with Crippen LogP contribution in [0.5, 0.6) is 0 Å². The molecule has 0 aromatic heterocycles. The first-order valence-electron chi connectivity index (χ1n) is 5.01. The van der Waals surface area contributed by atoms with Gasteiger partial charge in [-0.25, -0.2) is 4.39 Å². The quantitative estimate of drug-likeness (QED) is 0.732. The topological polar surface area (TPSA) is 26.3 Å². The number of carbonyl (C=O) groups excluding carboxylic acids is 1. The van der Waals surface area contributed by atoms with Gasteiger partial charge in [0.1, 0.15) is 5.82 Å². The summed E-state index contributed by atoms with van der Waals surface area (Å²) in [7, 11) is 1.54. The Labute approximate surface area is 94.7 Å². The van der Waals surface area contributed by atoms with Gasteiger partial charge in [0.15, 0.2) is 5.78 Å². The molecule has 0 aliphatic rings. The van der Waals surface area contributed by atoms with Crippen LogP contribution >= 0.6 is 0 Å². The zero-order valence-corrected chi connectivity index (χ0v) is 9.71. The Morgan fingerprint density at radius 1 is 1.25 bits per heavy atom. The maximum atomic E-state index is 12.8. The average Bonchev–Trinajstić information content (AvgIpc) is 2.25. The van der Waals surface area contributed by atoms with E-state index < -0.39 is 0 Å². The SMILES string of the molecule is COC/C(C(C)=O)=C(\C)c1ccc(F)cc1. The zero-order chi connectivity index (χ0) is 12.1. The molecule has 0 N–H and O–H groups in total. The van der Waals surface area contributed by atoms with Crippen LogP contribution in [-0.2, 0) is 9.53 Å². The molecular formula is C13H15FO2. The lowest BCUT2D eigenvalue weighted by atomic mass is 9.99. The van der Waals surface area contributed by atoms with Crippen LogP contribution < -0.4 is 0 Å². The molecule has 0 aliphatic carbocycles. The van der Waals surface area contributed by atoms with E-state index in [0.717, 1.165) is 11.1 Å². The molecule has 0 radical (unpaired) electrons. The van der Waals surface area contributed by atoms with Crippen LogP contribution in [-0.4, -0.2) is 19.5 Å². The van der Waals surface area contributed by atoms with Crippen molar-refractivity contribution in [1.82, 2.24) is 0 Å². The largest absolute Gasteiger partial charge is 0.380 e.